The summed E-state index contributed by atoms with van der Waals surface area (Å²) < 4.78 is 9.12. The first-order chi connectivity index (χ1) is 27.3. The number of hydrogen-bond acceptors (Lipinski definition) is 3. The molecule has 0 spiro atoms. The molecule has 0 N–H and O–H groups in total. The number of hydrogen-bond donors (Lipinski definition) is 0. The molecule has 3 heteroatoms. The Hall–Kier alpha value is -6.94. The van der Waals surface area contributed by atoms with Crippen molar-refractivity contribution in [2.45, 2.75) is 0 Å². The van der Waals surface area contributed by atoms with Gasteiger partial charge < -0.3 is 9.32 Å². The van der Waals surface area contributed by atoms with Crippen molar-refractivity contribution in [3.63, 3.8) is 0 Å². The number of benzene rings is 9. The third-order valence-electron chi connectivity index (χ3n) is 10.9. The van der Waals surface area contributed by atoms with E-state index in [0.717, 1.165) is 50.1 Å². The molecule has 2 aromatic heterocycles. The van der Waals surface area contributed by atoms with E-state index >= 15 is 0 Å². The first-order valence-electron chi connectivity index (χ1n) is 18.7. The van der Waals surface area contributed by atoms with Gasteiger partial charge in [-0.05, 0) is 93.2 Å². The van der Waals surface area contributed by atoms with E-state index < -0.39 is 0 Å². The minimum atomic E-state index is 0.902. The van der Waals surface area contributed by atoms with Crippen LogP contribution in [0.1, 0.15) is 0 Å². The largest absolute Gasteiger partial charge is 0.455 e. The van der Waals surface area contributed by atoms with Gasteiger partial charge in [0.1, 0.15) is 11.2 Å². The van der Waals surface area contributed by atoms with Crippen LogP contribution in [0.3, 0.4) is 0 Å². The van der Waals surface area contributed by atoms with E-state index in [1.807, 2.05) is 23.5 Å². The van der Waals surface area contributed by atoms with E-state index in [0.29, 0.717) is 0 Å². The lowest BCUT2D eigenvalue weighted by atomic mass is 9.97. The Labute approximate surface area is 322 Å². The first kappa shape index (κ1) is 31.6. The zero-order valence-electron chi connectivity index (χ0n) is 29.8. The molecule has 0 aliphatic rings. The van der Waals surface area contributed by atoms with Crippen LogP contribution in [-0.2, 0) is 0 Å². The highest BCUT2D eigenvalue weighted by Crippen LogP contribution is 2.44. The summed E-state index contributed by atoms with van der Waals surface area (Å²) in [6.07, 6.45) is 0. The summed E-state index contributed by atoms with van der Waals surface area (Å²) in [4.78, 5) is 2.38. The Balaban J connectivity index is 1.08. The highest BCUT2D eigenvalue weighted by Gasteiger charge is 2.18. The topological polar surface area (TPSA) is 16.4 Å². The van der Waals surface area contributed by atoms with Crippen molar-refractivity contribution >= 4 is 81.3 Å². The molecule has 9 aromatic carbocycles. The summed E-state index contributed by atoms with van der Waals surface area (Å²) in [6.45, 7) is 0. The maximum Gasteiger partial charge on any atom is 0.143 e. The van der Waals surface area contributed by atoms with Crippen LogP contribution >= 0.6 is 11.3 Å². The van der Waals surface area contributed by atoms with Gasteiger partial charge in [0, 0.05) is 53.6 Å². The van der Waals surface area contributed by atoms with E-state index in [9.17, 15) is 0 Å². The van der Waals surface area contributed by atoms with E-state index in [-0.39, 0.29) is 0 Å². The fourth-order valence-electron chi connectivity index (χ4n) is 8.33. The quantitative estimate of drug-likeness (QED) is 0.170. The minimum Gasteiger partial charge on any atom is -0.455 e. The fourth-order valence-corrected chi connectivity index (χ4v) is 9.46. The molecule has 0 amide bonds. The number of fused-ring (bicyclic) bond motifs is 7. The highest BCUT2D eigenvalue weighted by atomic mass is 32.1. The molecule has 0 aliphatic heterocycles. The van der Waals surface area contributed by atoms with Gasteiger partial charge in [-0.1, -0.05) is 146 Å². The van der Waals surface area contributed by atoms with Crippen molar-refractivity contribution in [2.24, 2.45) is 0 Å². The lowest BCUT2D eigenvalue weighted by molar-refractivity contribution is 0.670. The van der Waals surface area contributed by atoms with E-state index in [1.54, 1.807) is 0 Å². The maximum absolute atomic E-state index is 6.50. The third kappa shape index (κ3) is 5.32. The summed E-state index contributed by atoms with van der Waals surface area (Å²) in [7, 11) is 0. The van der Waals surface area contributed by atoms with Crippen LogP contribution in [0.4, 0.5) is 17.1 Å². The van der Waals surface area contributed by atoms with E-state index in [4.69, 9.17) is 4.42 Å². The van der Waals surface area contributed by atoms with Gasteiger partial charge in [0.15, 0.2) is 0 Å². The number of rotatable bonds is 6. The standard InChI is InChI=1S/C52H33NOS/c1-2-18-41-34(12-1)13-9-21-42(41)35-28-30-38(31-29-35)53(39-16-7-14-36(32-39)43-22-11-27-50-51(43)47-20-4-6-26-49(47)55-50)40-17-8-15-37(33-40)44-23-10-24-46-45-19-3-5-25-48(45)54-52(44)46/h1-33H. The molecule has 0 bridgehead atoms. The molecule has 2 nitrogen and oxygen atoms in total. The minimum absolute atomic E-state index is 0.902. The smallest absolute Gasteiger partial charge is 0.143 e. The van der Waals surface area contributed by atoms with Gasteiger partial charge in [0.25, 0.3) is 0 Å². The number of para-hydroxylation sites is 2. The van der Waals surface area contributed by atoms with Crippen molar-refractivity contribution in [3.8, 4) is 33.4 Å². The van der Waals surface area contributed by atoms with Gasteiger partial charge in [-0.2, -0.15) is 0 Å². The molecule has 0 fully saturated rings. The molecule has 0 saturated heterocycles. The summed E-state index contributed by atoms with van der Waals surface area (Å²) in [5.41, 5.74) is 12.1. The Kier molecular flexibility index (Phi) is 7.39. The van der Waals surface area contributed by atoms with Crippen LogP contribution in [0, 0.1) is 0 Å². The monoisotopic (exact) mass is 719 g/mol. The van der Waals surface area contributed by atoms with Crippen LogP contribution in [0.5, 0.6) is 0 Å². The van der Waals surface area contributed by atoms with Gasteiger partial charge in [-0.25, -0.2) is 0 Å². The molecule has 0 atom stereocenters. The van der Waals surface area contributed by atoms with Crippen molar-refractivity contribution in [2.75, 3.05) is 4.90 Å². The van der Waals surface area contributed by atoms with Crippen LogP contribution < -0.4 is 4.90 Å². The number of anilines is 3. The summed E-state index contributed by atoms with van der Waals surface area (Å²) in [5, 5.41) is 7.37. The molecule has 0 saturated carbocycles. The molecular formula is C52H33NOS. The molecule has 0 radical (unpaired) electrons. The van der Waals surface area contributed by atoms with Gasteiger partial charge in [-0.15, -0.1) is 11.3 Å². The van der Waals surface area contributed by atoms with Gasteiger partial charge in [-0.3, -0.25) is 0 Å². The van der Waals surface area contributed by atoms with Crippen molar-refractivity contribution < 1.29 is 4.42 Å². The Morgan fingerprint density at radius 1 is 0.364 bits per heavy atom. The van der Waals surface area contributed by atoms with Crippen molar-refractivity contribution in [3.05, 3.63) is 200 Å². The Morgan fingerprint density at radius 3 is 1.78 bits per heavy atom. The number of furan rings is 1. The number of nitrogens with zero attached hydrogens (tertiary/aromatic N) is 1. The zero-order valence-corrected chi connectivity index (χ0v) is 30.6. The second-order valence-electron chi connectivity index (χ2n) is 14.1. The molecule has 258 valence electrons. The zero-order chi connectivity index (χ0) is 36.3. The van der Waals surface area contributed by atoms with Crippen molar-refractivity contribution in [1.29, 1.82) is 0 Å². The second-order valence-corrected chi connectivity index (χ2v) is 15.2. The maximum atomic E-state index is 6.50. The van der Waals surface area contributed by atoms with Crippen LogP contribution in [0.2, 0.25) is 0 Å². The molecule has 55 heavy (non-hydrogen) atoms. The first-order valence-corrected chi connectivity index (χ1v) is 19.5. The molecule has 11 rings (SSSR count). The highest BCUT2D eigenvalue weighted by molar-refractivity contribution is 7.25. The van der Waals surface area contributed by atoms with Gasteiger partial charge in [0.05, 0.1) is 0 Å². The summed E-state index contributed by atoms with van der Waals surface area (Å²) in [5.74, 6) is 0. The normalized spacial score (nSPS) is 11.6. The molecule has 0 aliphatic carbocycles. The van der Waals surface area contributed by atoms with Crippen LogP contribution in [0.25, 0.3) is 86.3 Å². The Bertz CT molecular complexity index is 3220. The van der Waals surface area contributed by atoms with E-state index in [2.05, 4.69) is 193 Å². The van der Waals surface area contributed by atoms with Crippen LogP contribution in [-0.4, -0.2) is 0 Å². The van der Waals surface area contributed by atoms with Gasteiger partial charge >= 0.3 is 0 Å². The van der Waals surface area contributed by atoms with Gasteiger partial charge in [0.2, 0.25) is 0 Å². The second kappa shape index (κ2) is 12.9. The Morgan fingerprint density at radius 2 is 0.945 bits per heavy atom. The van der Waals surface area contributed by atoms with Crippen molar-refractivity contribution in [1.82, 2.24) is 0 Å². The SMILES string of the molecule is c1cc(-c2cccc3c2oc2ccccc23)cc(N(c2ccc(-c3cccc4ccccc34)cc2)c2cccc(-c3cccc4sc5ccccc5c34)c2)c1. The van der Waals surface area contributed by atoms with Crippen LogP contribution in [0.15, 0.2) is 205 Å². The predicted octanol–water partition coefficient (Wildman–Crippen LogP) is 15.6. The lowest BCUT2D eigenvalue weighted by Crippen LogP contribution is -2.10. The number of thiophene rings is 1. The molecule has 11 aromatic rings. The average Bonchev–Trinajstić information content (AvgIpc) is 3.83. The van der Waals surface area contributed by atoms with E-state index in [1.165, 1.54) is 53.2 Å². The summed E-state index contributed by atoms with van der Waals surface area (Å²) in [6, 6.07) is 72.2. The summed E-state index contributed by atoms with van der Waals surface area (Å²) >= 11 is 1.86. The third-order valence-corrected chi connectivity index (χ3v) is 12.0. The lowest BCUT2D eigenvalue weighted by Gasteiger charge is -2.27. The molecule has 0 unspecified atom stereocenters. The average molecular weight is 720 g/mol. The molecular weight excluding hydrogens is 687 g/mol. The fraction of sp³-hybridized carbons (Fsp3) is 0. The molecule has 2 heterocycles. The predicted molar refractivity (Wildman–Crippen MR) is 235 cm³/mol.